The molecule has 1 fully saturated rings. The van der Waals surface area contributed by atoms with E-state index in [-0.39, 0.29) is 11.9 Å². The van der Waals surface area contributed by atoms with E-state index in [1.807, 2.05) is 50.5 Å². The van der Waals surface area contributed by atoms with Crippen molar-refractivity contribution in [1.82, 2.24) is 4.98 Å². The SMILES string of the molecule is CC[N+]1(C(C)C(=O)Nc2c(C)cccc2C)CCC(c2cccnc2)C1. The predicted molar refractivity (Wildman–Crippen MR) is 106 cm³/mol. The smallest absolute Gasteiger partial charge is 0.282 e. The number of likely N-dealkylation sites (tertiary alicyclic amines) is 1. The van der Waals surface area contributed by atoms with Crippen molar-refractivity contribution in [3.63, 3.8) is 0 Å². The van der Waals surface area contributed by atoms with Crippen molar-refractivity contribution in [1.29, 1.82) is 0 Å². The Labute approximate surface area is 156 Å². The van der Waals surface area contributed by atoms with Gasteiger partial charge in [0.05, 0.1) is 19.6 Å². The Hall–Kier alpha value is -2.20. The number of hydrogen-bond acceptors (Lipinski definition) is 2. The predicted octanol–water partition coefficient (Wildman–Crippen LogP) is 4.05. The number of hydrogen-bond donors (Lipinski definition) is 1. The Morgan fingerprint density at radius 3 is 2.62 bits per heavy atom. The molecule has 0 spiro atoms. The second-order valence-electron chi connectivity index (χ2n) is 7.64. The van der Waals surface area contributed by atoms with Gasteiger partial charge in [-0.25, -0.2) is 0 Å². The van der Waals surface area contributed by atoms with Crippen molar-refractivity contribution in [2.75, 3.05) is 25.0 Å². The molecule has 0 saturated carbocycles. The van der Waals surface area contributed by atoms with Crippen molar-refractivity contribution in [3.05, 3.63) is 59.4 Å². The molecule has 1 aromatic heterocycles. The molecule has 1 aromatic carbocycles. The summed E-state index contributed by atoms with van der Waals surface area (Å²) in [4.78, 5) is 17.3. The highest BCUT2D eigenvalue weighted by atomic mass is 16.2. The lowest BCUT2D eigenvalue weighted by Crippen LogP contribution is -2.57. The monoisotopic (exact) mass is 352 g/mol. The summed E-state index contributed by atoms with van der Waals surface area (Å²) < 4.78 is 0.844. The molecule has 26 heavy (non-hydrogen) atoms. The van der Waals surface area contributed by atoms with Crippen LogP contribution in [0.5, 0.6) is 0 Å². The Morgan fingerprint density at radius 2 is 2.00 bits per heavy atom. The Bertz CT molecular complexity index is 754. The number of benzene rings is 1. The third kappa shape index (κ3) is 3.51. The fourth-order valence-corrected chi connectivity index (χ4v) is 4.32. The highest BCUT2D eigenvalue weighted by molar-refractivity contribution is 5.95. The van der Waals surface area contributed by atoms with Crippen LogP contribution in [-0.4, -0.2) is 41.1 Å². The van der Waals surface area contributed by atoms with E-state index >= 15 is 0 Å². The average Bonchev–Trinajstić information content (AvgIpc) is 3.11. The van der Waals surface area contributed by atoms with Gasteiger partial charge in [-0.05, 0) is 50.5 Å². The lowest BCUT2D eigenvalue weighted by molar-refractivity contribution is -0.928. The van der Waals surface area contributed by atoms with E-state index in [1.54, 1.807) is 0 Å². The Balaban J connectivity index is 1.76. The number of aromatic nitrogens is 1. The molecule has 1 amide bonds. The maximum atomic E-state index is 13.1. The molecule has 0 radical (unpaired) electrons. The number of carbonyl (C=O) groups excluding carboxylic acids is 1. The molecule has 1 saturated heterocycles. The van der Waals surface area contributed by atoms with Crippen LogP contribution in [0, 0.1) is 13.8 Å². The summed E-state index contributed by atoms with van der Waals surface area (Å²) >= 11 is 0. The quantitative estimate of drug-likeness (QED) is 0.825. The standard InChI is InChI=1S/C22H29N3O/c1-5-25(13-11-20(15-25)19-10-7-12-23-14-19)18(4)22(26)24-21-16(2)8-6-9-17(21)3/h6-10,12,14,18,20H,5,11,13,15H2,1-4H3/p+1. The third-order valence-corrected chi connectivity index (χ3v) is 6.22. The van der Waals surface area contributed by atoms with Gasteiger partial charge in [-0.3, -0.25) is 9.78 Å². The number of nitrogens with one attached hydrogen (secondary N) is 1. The number of quaternary nitrogens is 1. The molecule has 1 N–H and O–H groups in total. The van der Waals surface area contributed by atoms with Gasteiger partial charge in [0.2, 0.25) is 0 Å². The van der Waals surface area contributed by atoms with Crippen LogP contribution in [0.2, 0.25) is 0 Å². The van der Waals surface area contributed by atoms with Crippen LogP contribution < -0.4 is 5.32 Å². The van der Waals surface area contributed by atoms with E-state index in [2.05, 4.69) is 30.2 Å². The van der Waals surface area contributed by atoms with Crippen LogP contribution in [0.4, 0.5) is 5.69 Å². The molecule has 3 rings (SSSR count). The lowest BCUT2D eigenvalue weighted by atomic mass is 10.0. The first-order valence-electron chi connectivity index (χ1n) is 9.59. The third-order valence-electron chi connectivity index (χ3n) is 6.22. The molecule has 4 nitrogen and oxygen atoms in total. The number of likely N-dealkylation sites (N-methyl/N-ethyl adjacent to an activating group) is 1. The van der Waals surface area contributed by atoms with Crippen LogP contribution in [0.3, 0.4) is 0 Å². The van der Waals surface area contributed by atoms with Gasteiger partial charge >= 0.3 is 0 Å². The van der Waals surface area contributed by atoms with Crippen molar-refractivity contribution >= 4 is 11.6 Å². The van der Waals surface area contributed by atoms with Gasteiger partial charge in [-0.15, -0.1) is 0 Å². The minimum atomic E-state index is -0.0688. The number of nitrogens with zero attached hydrogens (tertiary/aromatic N) is 2. The Morgan fingerprint density at radius 1 is 1.27 bits per heavy atom. The van der Waals surface area contributed by atoms with E-state index in [0.717, 1.165) is 47.4 Å². The van der Waals surface area contributed by atoms with Gasteiger partial charge in [0.25, 0.3) is 5.91 Å². The van der Waals surface area contributed by atoms with Gasteiger partial charge in [0.1, 0.15) is 0 Å². The first-order valence-corrected chi connectivity index (χ1v) is 9.59. The van der Waals surface area contributed by atoms with Crippen molar-refractivity contribution < 1.29 is 9.28 Å². The van der Waals surface area contributed by atoms with Crippen molar-refractivity contribution in [2.24, 2.45) is 0 Å². The molecule has 138 valence electrons. The number of anilines is 1. The topological polar surface area (TPSA) is 42.0 Å². The zero-order chi connectivity index (χ0) is 18.7. The van der Waals surface area contributed by atoms with Crippen LogP contribution in [0.1, 0.15) is 42.9 Å². The summed E-state index contributed by atoms with van der Waals surface area (Å²) in [7, 11) is 0. The normalized spacial score (nSPS) is 23.6. The van der Waals surface area contributed by atoms with Crippen LogP contribution in [-0.2, 0) is 4.79 Å². The molecule has 2 aromatic rings. The number of carbonyl (C=O) groups is 1. The van der Waals surface area contributed by atoms with E-state index in [1.165, 1.54) is 5.56 Å². The fraction of sp³-hybridized carbons (Fsp3) is 0.455. The molecular formula is C22H30N3O+. The van der Waals surface area contributed by atoms with Crippen molar-refractivity contribution in [2.45, 2.75) is 46.1 Å². The summed E-state index contributed by atoms with van der Waals surface area (Å²) in [6.45, 7) is 11.4. The zero-order valence-electron chi connectivity index (χ0n) is 16.3. The van der Waals surface area contributed by atoms with Crippen LogP contribution in [0.25, 0.3) is 0 Å². The molecule has 0 aliphatic carbocycles. The van der Waals surface area contributed by atoms with Gasteiger partial charge in [0.15, 0.2) is 6.04 Å². The van der Waals surface area contributed by atoms with Gasteiger partial charge in [-0.2, -0.15) is 0 Å². The number of para-hydroxylation sites is 1. The molecular weight excluding hydrogens is 322 g/mol. The highest BCUT2D eigenvalue weighted by Crippen LogP contribution is 2.34. The van der Waals surface area contributed by atoms with Crippen LogP contribution in [0.15, 0.2) is 42.7 Å². The fourth-order valence-electron chi connectivity index (χ4n) is 4.32. The zero-order valence-corrected chi connectivity index (χ0v) is 16.3. The minimum absolute atomic E-state index is 0.0688. The summed E-state index contributed by atoms with van der Waals surface area (Å²) in [5, 5.41) is 3.20. The average molecular weight is 353 g/mol. The van der Waals surface area contributed by atoms with E-state index in [9.17, 15) is 4.79 Å². The van der Waals surface area contributed by atoms with Crippen LogP contribution >= 0.6 is 0 Å². The van der Waals surface area contributed by atoms with E-state index < -0.39 is 0 Å². The second kappa shape index (κ2) is 7.58. The van der Waals surface area contributed by atoms with Gasteiger partial charge in [0, 0.05) is 30.4 Å². The molecule has 3 unspecified atom stereocenters. The summed E-state index contributed by atoms with van der Waals surface area (Å²) in [5.74, 6) is 0.607. The number of aryl methyl sites for hydroxylation is 2. The van der Waals surface area contributed by atoms with Gasteiger partial charge in [-0.1, -0.05) is 24.3 Å². The molecule has 4 heteroatoms. The van der Waals surface area contributed by atoms with Crippen molar-refractivity contribution in [3.8, 4) is 0 Å². The number of rotatable bonds is 5. The Kier molecular flexibility index (Phi) is 5.42. The lowest BCUT2D eigenvalue weighted by Gasteiger charge is -2.38. The first-order chi connectivity index (χ1) is 12.5. The number of pyridine rings is 1. The summed E-state index contributed by atoms with van der Waals surface area (Å²) in [6.07, 6.45) is 4.91. The van der Waals surface area contributed by atoms with E-state index in [0.29, 0.717) is 5.92 Å². The van der Waals surface area contributed by atoms with Gasteiger partial charge < -0.3 is 9.80 Å². The van der Waals surface area contributed by atoms with E-state index in [4.69, 9.17) is 0 Å². The summed E-state index contributed by atoms with van der Waals surface area (Å²) in [5.41, 5.74) is 4.48. The minimum Gasteiger partial charge on any atom is -0.320 e. The molecule has 0 bridgehead atoms. The first kappa shape index (κ1) is 18.6. The maximum Gasteiger partial charge on any atom is 0.282 e. The maximum absolute atomic E-state index is 13.1. The highest BCUT2D eigenvalue weighted by Gasteiger charge is 2.44. The summed E-state index contributed by atoms with van der Waals surface area (Å²) in [6, 6.07) is 10.2. The molecule has 1 aliphatic heterocycles. The molecule has 2 heterocycles. The molecule has 3 atom stereocenters. The number of amides is 1. The second-order valence-corrected chi connectivity index (χ2v) is 7.64. The molecule has 1 aliphatic rings. The largest absolute Gasteiger partial charge is 0.320 e.